The van der Waals surface area contributed by atoms with Crippen molar-refractivity contribution in [2.45, 2.75) is 26.5 Å². The molecular formula is C18H22N2O2. The van der Waals surface area contributed by atoms with Crippen molar-refractivity contribution in [1.82, 2.24) is 5.43 Å². The third kappa shape index (κ3) is 4.52. The Bertz CT molecular complexity index is 624. The van der Waals surface area contributed by atoms with Crippen LogP contribution >= 0.6 is 0 Å². The second-order valence-electron chi connectivity index (χ2n) is 5.11. The standard InChI is InChI=1S/C18H22N2O2/c1-14(2)22-18-11-7-5-9-16(18)13-20-19-12-15-8-4-6-10-17(15)21-3/h4-11,13-14,19H,12H2,1-3H3/b20-13+. The molecule has 0 radical (unpaired) electrons. The molecule has 0 bridgehead atoms. The van der Waals surface area contributed by atoms with Crippen molar-refractivity contribution in [3.8, 4) is 11.5 Å². The Morgan fingerprint density at radius 2 is 1.73 bits per heavy atom. The minimum Gasteiger partial charge on any atom is -0.496 e. The summed E-state index contributed by atoms with van der Waals surface area (Å²) in [5, 5.41) is 4.27. The summed E-state index contributed by atoms with van der Waals surface area (Å²) in [6.45, 7) is 4.62. The molecule has 22 heavy (non-hydrogen) atoms. The lowest BCUT2D eigenvalue weighted by Gasteiger charge is -2.11. The molecule has 2 aromatic carbocycles. The Balaban J connectivity index is 1.98. The molecule has 4 nitrogen and oxygen atoms in total. The second kappa shape index (κ2) is 8.08. The van der Waals surface area contributed by atoms with Gasteiger partial charge in [0.2, 0.25) is 0 Å². The van der Waals surface area contributed by atoms with Crippen molar-refractivity contribution in [2.75, 3.05) is 7.11 Å². The van der Waals surface area contributed by atoms with Crippen LogP contribution in [0, 0.1) is 0 Å². The summed E-state index contributed by atoms with van der Waals surface area (Å²) < 4.78 is 11.1. The maximum absolute atomic E-state index is 5.76. The number of methoxy groups -OCH3 is 1. The van der Waals surface area contributed by atoms with Gasteiger partial charge in [0.25, 0.3) is 0 Å². The fraction of sp³-hybridized carbons (Fsp3) is 0.278. The van der Waals surface area contributed by atoms with Crippen molar-refractivity contribution in [2.24, 2.45) is 5.10 Å². The average Bonchev–Trinajstić information content (AvgIpc) is 2.53. The van der Waals surface area contributed by atoms with Gasteiger partial charge in [-0.1, -0.05) is 30.3 Å². The smallest absolute Gasteiger partial charge is 0.128 e. The van der Waals surface area contributed by atoms with Crippen LogP contribution in [-0.4, -0.2) is 19.4 Å². The highest BCUT2D eigenvalue weighted by molar-refractivity contribution is 5.83. The van der Waals surface area contributed by atoms with E-state index in [2.05, 4.69) is 10.5 Å². The molecule has 0 heterocycles. The Morgan fingerprint density at radius 3 is 2.45 bits per heavy atom. The predicted octanol–water partition coefficient (Wildman–Crippen LogP) is 3.61. The molecule has 2 aromatic rings. The highest BCUT2D eigenvalue weighted by Gasteiger charge is 2.03. The van der Waals surface area contributed by atoms with Gasteiger partial charge >= 0.3 is 0 Å². The molecule has 2 rings (SSSR count). The molecular weight excluding hydrogens is 276 g/mol. The Hall–Kier alpha value is -2.49. The second-order valence-corrected chi connectivity index (χ2v) is 5.11. The lowest BCUT2D eigenvalue weighted by atomic mass is 10.2. The van der Waals surface area contributed by atoms with Crippen LogP contribution in [0.3, 0.4) is 0 Å². The number of hydrazone groups is 1. The summed E-state index contributed by atoms with van der Waals surface area (Å²) in [6, 6.07) is 15.7. The van der Waals surface area contributed by atoms with Crippen LogP contribution in [0.5, 0.6) is 11.5 Å². The molecule has 0 aliphatic carbocycles. The first-order valence-corrected chi connectivity index (χ1v) is 7.34. The van der Waals surface area contributed by atoms with E-state index < -0.39 is 0 Å². The third-order valence-corrected chi connectivity index (χ3v) is 3.04. The van der Waals surface area contributed by atoms with Crippen molar-refractivity contribution >= 4 is 6.21 Å². The maximum atomic E-state index is 5.76. The van der Waals surface area contributed by atoms with Crippen LogP contribution < -0.4 is 14.9 Å². The van der Waals surface area contributed by atoms with Crippen molar-refractivity contribution in [1.29, 1.82) is 0 Å². The van der Waals surface area contributed by atoms with E-state index >= 15 is 0 Å². The van der Waals surface area contributed by atoms with E-state index in [1.807, 2.05) is 62.4 Å². The summed E-state index contributed by atoms with van der Waals surface area (Å²) in [5.41, 5.74) is 5.05. The lowest BCUT2D eigenvalue weighted by molar-refractivity contribution is 0.242. The zero-order chi connectivity index (χ0) is 15.8. The van der Waals surface area contributed by atoms with Crippen molar-refractivity contribution in [3.63, 3.8) is 0 Å². The number of hydrogen-bond donors (Lipinski definition) is 1. The van der Waals surface area contributed by atoms with Crippen LogP contribution in [0.25, 0.3) is 0 Å². The highest BCUT2D eigenvalue weighted by atomic mass is 16.5. The first kappa shape index (κ1) is 15.9. The molecule has 0 fully saturated rings. The number of rotatable bonds is 7. The van der Waals surface area contributed by atoms with Crippen LogP contribution in [0.2, 0.25) is 0 Å². The van der Waals surface area contributed by atoms with Gasteiger partial charge in [-0.05, 0) is 32.0 Å². The summed E-state index contributed by atoms with van der Waals surface area (Å²) in [4.78, 5) is 0. The van der Waals surface area contributed by atoms with Crippen LogP contribution in [0.4, 0.5) is 0 Å². The molecule has 0 spiro atoms. The summed E-state index contributed by atoms with van der Waals surface area (Å²) in [7, 11) is 1.67. The molecule has 116 valence electrons. The molecule has 0 saturated carbocycles. The number of nitrogens with one attached hydrogen (secondary N) is 1. The Kier molecular flexibility index (Phi) is 5.83. The van der Waals surface area contributed by atoms with Gasteiger partial charge in [-0.2, -0.15) is 5.10 Å². The molecule has 0 atom stereocenters. The first-order chi connectivity index (χ1) is 10.7. The number of ether oxygens (including phenoxy) is 2. The van der Waals surface area contributed by atoms with E-state index in [0.29, 0.717) is 6.54 Å². The zero-order valence-electron chi connectivity index (χ0n) is 13.2. The maximum Gasteiger partial charge on any atom is 0.128 e. The Labute approximate surface area is 131 Å². The van der Waals surface area contributed by atoms with Crippen molar-refractivity contribution < 1.29 is 9.47 Å². The molecule has 0 aliphatic rings. The van der Waals surface area contributed by atoms with E-state index in [9.17, 15) is 0 Å². The van der Waals surface area contributed by atoms with E-state index in [-0.39, 0.29) is 6.10 Å². The zero-order valence-corrected chi connectivity index (χ0v) is 13.2. The minimum atomic E-state index is 0.135. The molecule has 0 amide bonds. The topological polar surface area (TPSA) is 42.8 Å². The van der Waals surface area contributed by atoms with Crippen LogP contribution in [-0.2, 0) is 6.54 Å². The quantitative estimate of drug-likeness (QED) is 0.627. The van der Waals surface area contributed by atoms with Crippen molar-refractivity contribution in [3.05, 3.63) is 59.7 Å². The minimum absolute atomic E-state index is 0.135. The number of para-hydroxylation sites is 2. The number of hydrogen-bond acceptors (Lipinski definition) is 4. The largest absolute Gasteiger partial charge is 0.496 e. The number of nitrogens with zero attached hydrogens (tertiary/aromatic N) is 1. The average molecular weight is 298 g/mol. The van der Waals surface area contributed by atoms with Gasteiger partial charge in [0, 0.05) is 11.1 Å². The van der Waals surface area contributed by atoms with Gasteiger partial charge < -0.3 is 14.9 Å². The molecule has 0 saturated heterocycles. The van der Waals surface area contributed by atoms with E-state index in [0.717, 1.165) is 22.6 Å². The van der Waals surface area contributed by atoms with Gasteiger partial charge in [-0.25, -0.2) is 0 Å². The molecule has 0 unspecified atom stereocenters. The lowest BCUT2D eigenvalue weighted by Crippen LogP contribution is -2.09. The normalized spacial score (nSPS) is 10.9. The Morgan fingerprint density at radius 1 is 1.05 bits per heavy atom. The van der Waals surface area contributed by atoms with E-state index in [4.69, 9.17) is 9.47 Å². The molecule has 4 heteroatoms. The molecule has 1 N–H and O–H groups in total. The van der Waals surface area contributed by atoms with Gasteiger partial charge in [-0.3, -0.25) is 0 Å². The van der Waals surface area contributed by atoms with E-state index in [1.165, 1.54) is 0 Å². The SMILES string of the molecule is COc1ccccc1CN/N=C/c1ccccc1OC(C)C. The number of benzene rings is 2. The summed E-state index contributed by atoms with van der Waals surface area (Å²) >= 11 is 0. The van der Waals surface area contributed by atoms with Crippen LogP contribution in [0.1, 0.15) is 25.0 Å². The van der Waals surface area contributed by atoms with Crippen LogP contribution in [0.15, 0.2) is 53.6 Å². The van der Waals surface area contributed by atoms with E-state index in [1.54, 1.807) is 13.3 Å². The summed E-state index contributed by atoms with van der Waals surface area (Å²) in [6.07, 6.45) is 1.91. The van der Waals surface area contributed by atoms with Gasteiger partial charge in [-0.15, -0.1) is 0 Å². The van der Waals surface area contributed by atoms with Gasteiger partial charge in [0.05, 0.1) is 26.0 Å². The highest BCUT2D eigenvalue weighted by Crippen LogP contribution is 2.18. The summed E-state index contributed by atoms with van der Waals surface area (Å²) in [5.74, 6) is 1.69. The fourth-order valence-corrected chi connectivity index (χ4v) is 2.04. The van der Waals surface area contributed by atoms with Gasteiger partial charge in [0.15, 0.2) is 0 Å². The molecule has 0 aliphatic heterocycles. The monoisotopic (exact) mass is 298 g/mol. The van der Waals surface area contributed by atoms with Gasteiger partial charge in [0.1, 0.15) is 11.5 Å². The predicted molar refractivity (Wildman–Crippen MR) is 89.6 cm³/mol. The first-order valence-electron chi connectivity index (χ1n) is 7.34. The molecule has 0 aromatic heterocycles. The fourth-order valence-electron chi connectivity index (χ4n) is 2.04. The third-order valence-electron chi connectivity index (χ3n) is 3.04.